The molecule has 6 heteroatoms. The largest absolute Gasteiger partial charge is 0.508 e. The number of anilines is 1. The van der Waals surface area contributed by atoms with Gasteiger partial charge in [0, 0.05) is 11.3 Å². The Morgan fingerprint density at radius 2 is 2.05 bits per heavy atom. The van der Waals surface area contributed by atoms with E-state index in [-0.39, 0.29) is 36.3 Å². The van der Waals surface area contributed by atoms with Crippen LogP contribution < -0.4 is 15.8 Å². The van der Waals surface area contributed by atoms with Gasteiger partial charge in [-0.2, -0.15) is 0 Å². The van der Waals surface area contributed by atoms with Crippen LogP contribution in [0.1, 0.15) is 11.1 Å². The van der Waals surface area contributed by atoms with E-state index in [2.05, 4.69) is 10.3 Å². The van der Waals surface area contributed by atoms with Gasteiger partial charge in [-0.15, -0.1) is 24.0 Å². The molecule has 2 rings (SSSR count). The lowest BCUT2D eigenvalue weighted by Gasteiger charge is -2.08. The number of nitrogens with one attached hydrogen (secondary N) is 1. The van der Waals surface area contributed by atoms with Gasteiger partial charge in [0.1, 0.15) is 11.5 Å². The van der Waals surface area contributed by atoms with Crippen LogP contribution >= 0.6 is 24.0 Å². The Morgan fingerprint density at radius 1 is 1.27 bits per heavy atom. The standard InChI is InChI=1S/C16H19N3O2.HI/c1-11-4-3-5-13(8-11)19-16(17)18-10-12-9-14(21-2)6-7-15(12)20;/h3-9,20H,10H2,1-2H3,(H3,17,18,19);1H. The van der Waals surface area contributed by atoms with Gasteiger partial charge in [-0.05, 0) is 42.8 Å². The number of aromatic hydroxyl groups is 1. The van der Waals surface area contributed by atoms with Crippen LogP contribution in [0.2, 0.25) is 0 Å². The Hall–Kier alpha value is -1.96. The topological polar surface area (TPSA) is 79.9 Å². The number of methoxy groups -OCH3 is 1. The Morgan fingerprint density at radius 3 is 2.73 bits per heavy atom. The smallest absolute Gasteiger partial charge is 0.193 e. The van der Waals surface area contributed by atoms with Crippen molar-refractivity contribution < 1.29 is 9.84 Å². The Labute approximate surface area is 147 Å². The van der Waals surface area contributed by atoms with Crippen LogP contribution in [-0.4, -0.2) is 18.2 Å². The number of guanidine groups is 1. The fourth-order valence-corrected chi connectivity index (χ4v) is 1.90. The molecule has 0 aliphatic rings. The SMILES string of the molecule is COc1ccc(O)c(CN=C(N)Nc2cccc(C)c2)c1.I. The van der Waals surface area contributed by atoms with Crippen molar-refractivity contribution in [2.24, 2.45) is 10.7 Å². The molecule has 4 N–H and O–H groups in total. The molecular weight excluding hydrogens is 393 g/mol. The lowest BCUT2D eigenvalue weighted by molar-refractivity contribution is 0.411. The summed E-state index contributed by atoms with van der Waals surface area (Å²) in [6.45, 7) is 2.28. The zero-order chi connectivity index (χ0) is 15.2. The summed E-state index contributed by atoms with van der Waals surface area (Å²) in [6.07, 6.45) is 0. The van der Waals surface area contributed by atoms with Gasteiger partial charge in [0.2, 0.25) is 0 Å². The van der Waals surface area contributed by atoms with Crippen molar-refractivity contribution in [1.29, 1.82) is 0 Å². The molecule has 0 heterocycles. The lowest BCUT2D eigenvalue weighted by atomic mass is 10.2. The zero-order valence-corrected chi connectivity index (χ0v) is 14.9. The number of benzene rings is 2. The highest BCUT2D eigenvalue weighted by Gasteiger charge is 2.03. The number of nitrogens with zero attached hydrogens (tertiary/aromatic N) is 1. The second kappa shape index (κ2) is 8.47. The van der Waals surface area contributed by atoms with Crippen LogP contribution in [-0.2, 0) is 6.54 Å². The van der Waals surface area contributed by atoms with E-state index in [1.807, 2.05) is 31.2 Å². The summed E-state index contributed by atoms with van der Waals surface area (Å²) < 4.78 is 5.12. The van der Waals surface area contributed by atoms with Crippen LogP contribution in [0.5, 0.6) is 11.5 Å². The molecule has 5 nitrogen and oxygen atoms in total. The monoisotopic (exact) mass is 413 g/mol. The molecular formula is C16H20IN3O2. The van der Waals surface area contributed by atoms with Gasteiger partial charge in [-0.1, -0.05) is 12.1 Å². The highest BCUT2D eigenvalue weighted by molar-refractivity contribution is 14.0. The number of nitrogens with two attached hydrogens (primary N) is 1. The third-order valence-electron chi connectivity index (χ3n) is 3.00. The van der Waals surface area contributed by atoms with Gasteiger partial charge in [-0.25, -0.2) is 4.99 Å². The van der Waals surface area contributed by atoms with Crippen molar-refractivity contribution >= 4 is 35.6 Å². The average Bonchev–Trinajstić information content (AvgIpc) is 2.46. The number of hydrogen-bond acceptors (Lipinski definition) is 3. The molecule has 0 spiro atoms. The predicted octanol–water partition coefficient (Wildman–Crippen LogP) is 3.25. The molecule has 2 aromatic rings. The van der Waals surface area contributed by atoms with Crippen molar-refractivity contribution in [1.82, 2.24) is 0 Å². The van der Waals surface area contributed by atoms with E-state index in [1.54, 1.807) is 25.3 Å². The maximum atomic E-state index is 9.78. The maximum Gasteiger partial charge on any atom is 0.193 e. The molecule has 0 radical (unpaired) electrons. The Kier molecular flexibility index (Phi) is 6.97. The number of halogens is 1. The van der Waals surface area contributed by atoms with Gasteiger partial charge in [-0.3, -0.25) is 0 Å². The van der Waals surface area contributed by atoms with E-state index in [1.165, 1.54) is 0 Å². The first-order valence-corrected chi connectivity index (χ1v) is 6.58. The molecule has 0 atom stereocenters. The van der Waals surface area contributed by atoms with Gasteiger partial charge in [0.15, 0.2) is 5.96 Å². The van der Waals surface area contributed by atoms with E-state index in [0.717, 1.165) is 11.3 Å². The van der Waals surface area contributed by atoms with Crippen LogP contribution in [0.25, 0.3) is 0 Å². The molecule has 0 saturated heterocycles. The molecule has 0 saturated carbocycles. The highest BCUT2D eigenvalue weighted by Crippen LogP contribution is 2.23. The number of aliphatic imine (C=N–C) groups is 1. The van der Waals surface area contributed by atoms with Gasteiger partial charge < -0.3 is 20.9 Å². The number of hydrogen-bond donors (Lipinski definition) is 3. The molecule has 118 valence electrons. The second-order valence-electron chi connectivity index (χ2n) is 4.69. The fourth-order valence-electron chi connectivity index (χ4n) is 1.90. The van der Waals surface area contributed by atoms with Crippen molar-refractivity contribution in [3.05, 3.63) is 53.6 Å². The zero-order valence-electron chi connectivity index (χ0n) is 12.5. The third kappa shape index (κ3) is 5.10. The van der Waals surface area contributed by atoms with Crippen LogP contribution in [0.4, 0.5) is 5.69 Å². The minimum Gasteiger partial charge on any atom is -0.508 e. The van der Waals surface area contributed by atoms with E-state index in [4.69, 9.17) is 10.5 Å². The van der Waals surface area contributed by atoms with Crippen LogP contribution in [0.15, 0.2) is 47.5 Å². The van der Waals surface area contributed by atoms with E-state index in [0.29, 0.717) is 17.3 Å². The van der Waals surface area contributed by atoms with E-state index in [9.17, 15) is 5.11 Å². The first kappa shape index (κ1) is 18.1. The summed E-state index contributed by atoms with van der Waals surface area (Å²) in [4.78, 5) is 4.22. The minimum absolute atomic E-state index is 0. The lowest BCUT2D eigenvalue weighted by Crippen LogP contribution is -2.22. The van der Waals surface area contributed by atoms with E-state index >= 15 is 0 Å². The number of aryl methyl sites for hydroxylation is 1. The quantitative estimate of drug-likeness (QED) is 0.409. The summed E-state index contributed by atoms with van der Waals surface area (Å²) in [6, 6.07) is 12.8. The molecule has 0 aromatic heterocycles. The maximum absolute atomic E-state index is 9.78. The number of phenols is 1. The van der Waals surface area contributed by atoms with Gasteiger partial charge >= 0.3 is 0 Å². The Balaban J connectivity index is 0.00000242. The molecule has 2 aromatic carbocycles. The van der Waals surface area contributed by atoms with Gasteiger partial charge in [0.25, 0.3) is 0 Å². The molecule has 0 bridgehead atoms. The molecule has 0 fully saturated rings. The highest BCUT2D eigenvalue weighted by atomic mass is 127. The van der Waals surface area contributed by atoms with Crippen molar-refractivity contribution in [2.45, 2.75) is 13.5 Å². The normalized spacial score (nSPS) is 10.7. The summed E-state index contributed by atoms with van der Waals surface area (Å²) >= 11 is 0. The number of phenolic OH excluding ortho intramolecular Hbond substituents is 1. The molecule has 0 amide bonds. The number of ether oxygens (including phenoxy) is 1. The summed E-state index contributed by atoms with van der Waals surface area (Å²) in [5.41, 5.74) is 8.52. The van der Waals surface area contributed by atoms with Gasteiger partial charge in [0.05, 0.1) is 13.7 Å². The molecule has 0 aliphatic heterocycles. The average molecular weight is 413 g/mol. The second-order valence-corrected chi connectivity index (χ2v) is 4.69. The first-order valence-electron chi connectivity index (χ1n) is 6.58. The van der Waals surface area contributed by atoms with Crippen molar-refractivity contribution in [3.8, 4) is 11.5 Å². The molecule has 0 unspecified atom stereocenters. The summed E-state index contributed by atoms with van der Waals surface area (Å²) in [5, 5.41) is 12.8. The third-order valence-corrected chi connectivity index (χ3v) is 3.00. The van der Waals surface area contributed by atoms with Crippen molar-refractivity contribution in [2.75, 3.05) is 12.4 Å². The van der Waals surface area contributed by atoms with E-state index < -0.39 is 0 Å². The number of rotatable bonds is 4. The van der Waals surface area contributed by atoms with Crippen LogP contribution in [0, 0.1) is 6.92 Å². The Bertz CT molecular complexity index is 660. The summed E-state index contributed by atoms with van der Waals surface area (Å²) in [7, 11) is 1.58. The predicted molar refractivity (Wildman–Crippen MR) is 100 cm³/mol. The molecule has 0 aliphatic carbocycles. The first-order chi connectivity index (χ1) is 10.1. The summed E-state index contributed by atoms with van der Waals surface area (Å²) in [5.74, 6) is 1.13. The fraction of sp³-hybridized carbons (Fsp3) is 0.188. The van der Waals surface area contributed by atoms with Crippen LogP contribution in [0.3, 0.4) is 0 Å². The van der Waals surface area contributed by atoms with Crippen molar-refractivity contribution in [3.63, 3.8) is 0 Å². The minimum atomic E-state index is 0. The molecule has 22 heavy (non-hydrogen) atoms.